The van der Waals surface area contributed by atoms with Crippen LogP contribution in [-0.4, -0.2) is 58.4 Å². The number of nitrogens with zero attached hydrogens (tertiary/aromatic N) is 2. The lowest BCUT2D eigenvalue weighted by Gasteiger charge is -2.39. The molecule has 2 aliphatic rings. The van der Waals surface area contributed by atoms with Crippen LogP contribution in [0.4, 0.5) is 4.39 Å². The monoisotopic (exact) mass is 460 g/mol. The van der Waals surface area contributed by atoms with Crippen molar-refractivity contribution in [3.05, 3.63) is 35.6 Å². The Morgan fingerprint density at radius 1 is 1.21 bits per heavy atom. The van der Waals surface area contributed by atoms with Crippen molar-refractivity contribution in [2.75, 3.05) is 19.6 Å². The number of halogens is 1. The average Bonchev–Trinajstić information content (AvgIpc) is 2.92. The molecule has 1 spiro atoms. The van der Waals surface area contributed by atoms with Crippen LogP contribution in [0.2, 0.25) is 0 Å². The molecule has 182 valence electrons. The van der Waals surface area contributed by atoms with E-state index < -0.39 is 16.8 Å². The van der Waals surface area contributed by atoms with E-state index in [1.165, 1.54) is 6.07 Å². The molecule has 2 heterocycles. The molecule has 33 heavy (non-hydrogen) atoms. The summed E-state index contributed by atoms with van der Waals surface area (Å²) in [5, 5.41) is 9.09. The van der Waals surface area contributed by atoms with Gasteiger partial charge in [-0.05, 0) is 54.7 Å². The normalized spacial score (nSPS) is 20.7. The summed E-state index contributed by atoms with van der Waals surface area (Å²) in [6.45, 7) is 9.48. The van der Waals surface area contributed by atoms with Gasteiger partial charge in [0.2, 0.25) is 11.8 Å². The molecule has 0 aromatic heterocycles. The van der Waals surface area contributed by atoms with Crippen LogP contribution in [0.3, 0.4) is 0 Å². The van der Waals surface area contributed by atoms with Crippen LogP contribution >= 0.6 is 0 Å². The number of carboxylic acids is 1. The standard InChI is InChI=1S/C26H37FN2O4/c1-18(2)17-29-21(13-19-6-5-7-20(27)12-19)14-26(24(29)33)8-10-28(11-9-26)22(30)15-25(3,4)16-23(31)32/h5-7,12,18,21H,8-11,13-17H2,1-4H3,(H,31,32)/t21-/m0/s1. The van der Waals surface area contributed by atoms with E-state index in [2.05, 4.69) is 13.8 Å². The summed E-state index contributed by atoms with van der Waals surface area (Å²) in [6, 6.07) is 6.62. The van der Waals surface area contributed by atoms with E-state index in [1.54, 1.807) is 30.9 Å². The van der Waals surface area contributed by atoms with Gasteiger partial charge in [-0.15, -0.1) is 0 Å². The number of aliphatic carboxylic acids is 1. The molecule has 6 nitrogen and oxygen atoms in total. The molecule has 0 radical (unpaired) electrons. The molecule has 1 atom stereocenters. The fourth-order valence-corrected chi connectivity index (χ4v) is 5.46. The fraction of sp³-hybridized carbons (Fsp3) is 0.654. The predicted molar refractivity (Wildman–Crippen MR) is 124 cm³/mol. The highest BCUT2D eigenvalue weighted by Crippen LogP contribution is 2.46. The molecule has 0 aliphatic carbocycles. The molecule has 1 aromatic rings. The van der Waals surface area contributed by atoms with E-state index in [1.807, 2.05) is 11.0 Å². The molecule has 3 rings (SSSR count). The van der Waals surface area contributed by atoms with Crippen LogP contribution in [0.1, 0.15) is 65.4 Å². The van der Waals surface area contributed by atoms with Gasteiger partial charge >= 0.3 is 5.97 Å². The number of hydrogen-bond acceptors (Lipinski definition) is 3. The van der Waals surface area contributed by atoms with Crippen LogP contribution in [0.15, 0.2) is 24.3 Å². The van der Waals surface area contributed by atoms with Gasteiger partial charge in [0.05, 0.1) is 11.8 Å². The topological polar surface area (TPSA) is 77.9 Å². The van der Waals surface area contributed by atoms with Gasteiger partial charge in [-0.3, -0.25) is 14.4 Å². The molecule has 7 heteroatoms. The first-order valence-electron chi connectivity index (χ1n) is 12.0. The summed E-state index contributed by atoms with van der Waals surface area (Å²) in [5.74, 6) is -0.721. The Bertz CT molecular complexity index is 890. The highest BCUT2D eigenvalue weighted by molar-refractivity contribution is 5.86. The number of amides is 2. The van der Waals surface area contributed by atoms with E-state index >= 15 is 0 Å². The maximum Gasteiger partial charge on any atom is 0.303 e. The van der Waals surface area contributed by atoms with Gasteiger partial charge in [-0.2, -0.15) is 0 Å². The second-order valence-electron chi connectivity index (χ2n) is 11.1. The Morgan fingerprint density at radius 3 is 2.45 bits per heavy atom. The molecule has 0 saturated carbocycles. The third kappa shape index (κ3) is 6.12. The molecule has 1 aromatic carbocycles. The van der Waals surface area contributed by atoms with Crippen molar-refractivity contribution in [2.24, 2.45) is 16.7 Å². The van der Waals surface area contributed by atoms with Crippen molar-refractivity contribution in [3.8, 4) is 0 Å². The van der Waals surface area contributed by atoms with Gasteiger partial charge < -0.3 is 14.9 Å². The maximum atomic E-state index is 13.7. The largest absolute Gasteiger partial charge is 0.481 e. The fourth-order valence-electron chi connectivity index (χ4n) is 5.46. The van der Waals surface area contributed by atoms with E-state index in [-0.39, 0.29) is 36.5 Å². The Hall–Kier alpha value is -2.44. The van der Waals surface area contributed by atoms with Gasteiger partial charge in [0.1, 0.15) is 5.82 Å². The SMILES string of the molecule is CC(C)CN1C(=O)C2(CCN(C(=O)CC(C)(C)CC(=O)O)CC2)C[C@@H]1Cc1cccc(F)c1. The van der Waals surface area contributed by atoms with Crippen molar-refractivity contribution in [1.82, 2.24) is 9.80 Å². The van der Waals surface area contributed by atoms with Gasteiger partial charge in [0.25, 0.3) is 0 Å². The molecule has 2 amide bonds. The van der Waals surface area contributed by atoms with Crippen molar-refractivity contribution in [3.63, 3.8) is 0 Å². The van der Waals surface area contributed by atoms with E-state index in [0.717, 1.165) is 12.0 Å². The van der Waals surface area contributed by atoms with Gasteiger partial charge in [0, 0.05) is 32.1 Å². The van der Waals surface area contributed by atoms with Crippen molar-refractivity contribution < 1.29 is 23.9 Å². The zero-order valence-corrected chi connectivity index (χ0v) is 20.3. The van der Waals surface area contributed by atoms with Crippen LogP contribution in [-0.2, 0) is 20.8 Å². The zero-order chi connectivity index (χ0) is 24.4. The third-order valence-corrected chi connectivity index (χ3v) is 7.04. The Kier molecular flexibility index (Phi) is 7.49. The first-order valence-corrected chi connectivity index (χ1v) is 12.0. The highest BCUT2D eigenvalue weighted by Gasteiger charge is 2.52. The minimum absolute atomic E-state index is 0.0263. The maximum absolute atomic E-state index is 13.7. The number of rotatable bonds is 8. The summed E-state index contributed by atoms with van der Waals surface area (Å²) >= 11 is 0. The summed E-state index contributed by atoms with van der Waals surface area (Å²) in [7, 11) is 0. The van der Waals surface area contributed by atoms with Crippen molar-refractivity contribution in [2.45, 2.75) is 72.3 Å². The quantitative estimate of drug-likeness (QED) is 0.633. The lowest BCUT2D eigenvalue weighted by atomic mass is 9.75. The van der Waals surface area contributed by atoms with E-state index in [9.17, 15) is 18.8 Å². The van der Waals surface area contributed by atoms with Crippen LogP contribution in [0.5, 0.6) is 0 Å². The second-order valence-corrected chi connectivity index (χ2v) is 11.1. The molecular formula is C26H37FN2O4. The summed E-state index contributed by atoms with van der Waals surface area (Å²) in [6.07, 6.45) is 2.71. The Morgan fingerprint density at radius 2 is 1.88 bits per heavy atom. The number of likely N-dealkylation sites (tertiary alicyclic amines) is 2. The van der Waals surface area contributed by atoms with Crippen molar-refractivity contribution >= 4 is 17.8 Å². The molecule has 2 saturated heterocycles. The number of carboxylic acid groups (broad SMARTS) is 1. The molecule has 0 bridgehead atoms. The molecule has 0 unspecified atom stereocenters. The first kappa shape index (κ1) is 25.2. The molecule has 1 N–H and O–H groups in total. The van der Waals surface area contributed by atoms with Crippen LogP contribution in [0.25, 0.3) is 0 Å². The Balaban J connectivity index is 1.69. The number of carbonyl (C=O) groups is 3. The minimum atomic E-state index is -0.906. The number of carbonyl (C=O) groups excluding carboxylic acids is 2. The molecule has 2 fully saturated rings. The average molecular weight is 461 g/mol. The van der Waals surface area contributed by atoms with Gasteiger partial charge in [-0.25, -0.2) is 4.39 Å². The van der Waals surface area contributed by atoms with Gasteiger partial charge in [-0.1, -0.05) is 39.8 Å². The Labute approximate surface area is 196 Å². The second kappa shape index (κ2) is 9.82. The molecule has 2 aliphatic heterocycles. The van der Waals surface area contributed by atoms with Gasteiger partial charge in [0.15, 0.2) is 0 Å². The third-order valence-electron chi connectivity index (χ3n) is 7.04. The summed E-state index contributed by atoms with van der Waals surface area (Å²) < 4.78 is 13.7. The number of piperidine rings is 1. The number of hydrogen-bond donors (Lipinski definition) is 1. The zero-order valence-electron chi connectivity index (χ0n) is 20.3. The molecular weight excluding hydrogens is 423 g/mol. The predicted octanol–water partition coefficient (Wildman–Crippen LogP) is 4.12. The van der Waals surface area contributed by atoms with E-state index in [4.69, 9.17) is 5.11 Å². The van der Waals surface area contributed by atoms with E-state index in [0.29, 0.717) is 44.8 Å². The highest BCUT2D eigenvalue weighted by atomic mass is 19.1. The summed E-state index contributed by atoms with van der Waals surface area (Å²) in [5.41, 5.74) is -0.183. The minimum Gasteiger partial charge on any atom is -0.481 e. The lowest BCUT2D eigenvalue weighted by molar-refractivity contribution is -0.145. The first-order chi connectivity index (χ1) is 15.4. The number of benzene rings is 1. The van der Waals surface area contributed by atoms with Crippen LogP contribution in [0, 0.1) is 22.6 Å². The van der Waals surface area contributed by atoms with Crippen molar-refractivity contribution in [1.29, 1.82) is 0 Å². The smallest absolute Gasteiger partial charge is 0.303 e. The van der Waals surface area contributed by atoms with Crippen LogP contribution < -0.4 is 0 Å². The summed E-state index contributed by atoms with van der Waals surface area (Å²) in [4.78, 5) is 41.3. The lowest BCUT2D eigenvalue weighted by Crippen LogP contribution is -2.47.